The van der Waals surface area contributed by atoms with E-state index in [9.17, 15) is 0 Å². The topological polar surface area (TPSA) is 76.7 Å². The van der Waals surface area contributed by atoms with E-state index in [0.717, 1.165) is 11.3 Å². The third-order valence-electron chi connectivity index (χ3n) is 2.37. The maximum Gasteiger partial charge on any atom is 0.0802 e. The molecule has 2 heterocycles. The number of aromatic nitrogens is 3. The highest BCUT2D eigenvalue weighted by molar-refractivity contribution is 5.48. The van der Waals surface area contributed by atoms with Gasteiger partial charge in [0.05, 0.1) is 17.9 Å². The Hall–Kier alpha value is -2.01. The van der Waals surface area contributed by atoms with Gasteiger partial charge in [0.1, 0.15) is 0 Å². The third-order valence-corrected chi connectivity index (χ3v) is 2.37. The molecule has 0 radical (unpaired) electrons. The normalized spacial score (nSPS) is 12.3. The van der Waals surface area contributed by atoms with Crippen LogP contribution in [-0.2, 0) is 0 Å². The molecule has 1 atom stereocenters. The molecule has 2 aromatic heterocycles. The van der Waals surface area contributed by atoms with Crippen LogP contribution in [0.3, 0.4) is 0 Å². The van der Waals surface area contributed by atoms with E-state index in [1.165, 1.54) is 0 Å². The molecule has 0 spiro atoms. The van der Waals surface area contributed by atoms with Crippen LogP contribution < -0.4 is 11.1 Å². The van der Waals surface area contributed by atoms with Crippen molar-refractivity contribution >= 4 is 5.69 Å². The molecule has 0 aliphatic carbocycles. The van der Waals surface area contributed by atoms with E-state index >= 15 is 0 Å². The van der Waals surface area contributed by atoms with Crippen LogP contribution in [0.5, 0.6) is 0 Å². The zero-order chi connectivity index (χ0) is 11.4. The summed E-state index contributed by atoms with van der Waals surface area (Å²) in [6.45, 7) is 0. The van der Waals surface area contributed by atoms with E-state index in [-0.39, 0.29) is 6.04 Å². The first-order valence-electron chi connectivity index (χ1n) is 4.95. The molecule has 2 rings (SSSR count). The number of nitrogens with zero attached hydrogens (tertiary/aromatic N) is 3. The number of nitrogens with two attached hydrogens (primary N) is 1. The molecule has 0 fully saturated rings. The largest absolute Gasteiger partial charge is 0.398 e. The number of anilines is 1. The van der Waals surface area contributed by atoms with Gasteiger partial charge in [0.2, 0.25) is 0 Å². The summed E-state index contributed by atoms with van der Waals surface area (Å²) in [7, 11) is 1.85. The molecule has 0 saturated carbocycles. The summed E-state index contributed by atoms with van der Waals surface area (Å²) in [6.07, 6.45) is 8.43. The zero-order valence-electron chi connectivity index (χ0n) is 8.96. The molecule has 0 aliphatic heterocycles. The van der Waals surface area contributed by atoms with Gasteiger partial charge >= 0.3 is 0 Å². The lowest BCUT2D eigenvalue weighted by molar-refractivity contribution is 0.666. The van der Waals surface area contributed by atoms with Gasteiger partial charge in [0.15, 0.2) is 0 Å². The molecule has 82 valence electrons. The first-order valence-corrected chi connectivity index (χ1v) is 4.95. The van der Waals surface area contributed by atoms with Crippen LogP contribution in [0.4, 0.5) is 5.69 Å². The number of hydrogen-bond acceptors (Lipinski definition) is 5. The van der Waals surface area contributed by atoms with Gasteiger partial charge in [-0.05, 0) is 13.1 Å². The van der Waals surface area contributed by atoms with Crippen molar-refractivity contribution in [2.24, 2.45) is 0 Å². The first kappa shape index (κ1) is 10.5. The molecular weight excluding hydrogens is 202 g/mol. The molecule has 0 saturated heterocycles. The van der Waals surface area contributed by atoms with Crippen molar-refractivity contribution in [1.29, 1.82) is 0 Å². The lowest BCUT2D eigenvalue weighted by Gasteiger charge is -2.16. The van der Waals surface area contributed by atoms with Crippen LogP contribution in [0.2, 0.25) is 0 Å². The Morgan fingerprint density at radius 1 is 1.19 bits per heavy atom. The minimum atomic E-state index is -0.0811. The van der Waals surface area contributed by atoms with Gasteiger partial charge in [0, 0.05) is 36.0 Å². The highest BCUT2D eigenvalue weighted by Crippen LogP contribution is 2.23. The monoisotopic (exact) mass is 215 g/mol. The summed E-state index contributed by atoms with van der Waals surface area (Å²) in [5, 5.41) is 3.15. The molecule has 0 amide bonds. The molecule has 16 heavy (non-hydrogen) atoms. The van der Waals surface area contributed by atoms with Gasteiger partial charge in [-0.2, -0.15) is 0 Å². The van der Waals surface area contributed by atoms with Gasteiger partial charge in [-0.25, -0.2) is 0 Å². The SMILES string of the molecule is CNC(c1cnccn1)c1cnccc1N. The summed E-state index contributed by atoms with van der Waals surface area (Å²) in [5.74, 6) is 0. The van der Waals surface area contributed by atoms with Gasteiger partial charge in [-0.15, -0.1) is 0 Å². The highest BCUT2D eigenvalue weighted by atomic mass is 14.9. The van der Waals surface area contributed by atoms with E-state index in [2.05, 4.69) is 20.3 Å². The van der Waals surface area contributed by atoms with Crippen molar-refractivity contribution in [3.8, 4) is 0 Å². The Kier molecular flexibility index (Phi) is 3.07. The molecule has 3 N–H and O–H groups in total. The minimum absolute atomic E-state index is 0.0811. The Bertz CT molecular complexity index is 457. The van der Waals surface area contributed by atoms with Crippen molar-refractivity contribution in [2.75, 3.05) is 12.8 Å². The summed E-state index contributed by atoms with van der Waals surface area (Å²) in [5.41, 5.74) is 8.33. The Morgan fingerprint density at radius 2 is 2.00 bits per heavy atom. The Labute approximate surface area is 93.8 Å². The molecular formula is C11H13N5. The fourth-order valence-electron chi connectivity index (χ4n) is 1.58. The second kappa shape index (κ2) is 4.67. The van der Waals surface area contributed by atoms with Crippen molar-refractivity contribution in [2.45, 2.75) is 6.04 Å². The van der Waals surface area contributed by atoms with Crippen LogP contribution in [0, 0.1) is 0 Å². The highest BCUT2D eigenvalue weighted by Gasteiger charge is 2.15. The van der Waals surface area contributed by atoms with E-state index in [0.29, 0.717) is 5.69 Å². The minimum Gasteiger partial charge on any atom is -0.398 e. The maximum atomic E-state index is 5.91. The molecule has 0 bridgehead atoms. The molecule has 5 heteroatoms. The van der Waals surface area contributed by atoms with Crippen molar-refractivity contribution in [1.82, 2.24) is 20.3 Å². The molecule has 5 nitrogen and oxygen atoms in total. The van der Waals surface area contributed by atoms with E-state index in [1.807, 2.05) is 7.05 Å². The molecule has 0 aliphatic rings. The summed E-state index contributed by atoms with van der Waals surface area (Å²) in [6, 6.07) is 1.69. The summed E-state index contributed by atoms with van der Waals surface area (Å²) >= 11 is 0. The van der Waals surface area contributed by atoms with Gasteiger partial charge in [-0.3, -0.25) is 15.0 Å². The number of nitrogen functional groups attached to an aromatic ring is 1. The van der Waals surface area contributed by atoms with Crippen LogP contribution in [-0.4, -0.2) is 22.0 Å². The van der Waals surface area contributed by atoms with Crippen molar-refractivity contribution in [3.63, 3.8) is 0 Å². The average Bonchev–Trinajstić information content (AvgIpc) is 2.34. The standard InChI is InChI=1S/C11H13N5/c1-13-11(10-7-15-4-5-16-10)8-6-14-3-2-9(8)12/h2-7,11,13H,1H3,(H2,12,14). The Morgan fingerprint density at radius 3 is 2.62 bits per heavy atom. The predicted molar refractivity (Wildman–Crippen MR) is 61.6 cm³/mol. The van der Waals surface area contributed by atoms with E-state index in [4.69, 9.17) is 5.73 Å². The number of rotatable bonds is 3. The first-order chi connectivity index (χ1) is 7.83. The zero-order valence-corrected chi connectivity index (χ0v) is 8.96. The molecule has 1 unspecified atom stereocenters. The second-order valence-electron chi connectivity index (χ2n) is 3.36. The van der Waals surface area contributed by atoms with Crippen LogP contribution in [0.25, 0.3) is 0 Å². The van der Waals surface area contributed by atoms with E-state index in [1.54, 1.807) is 37.1 Å². The maximum absolute atomic E-state index is 5.91. The number of pyridine rings is 1. The third kappa shape index (κ3) is 1.99. The molecule has 0 aromatic carbocycles. The predicted octanol–water partition coefficient (Wildman–Crippen LogP) is 0.763. The number of hydrogen-bond donors (Lipinski definition) is 2. The van der Waals surface area contributed by atoms with Gasteiger partial charge < -0.3 is 11.1 Å². The molecule has 2 aromatic rings. The van der Waals surface area contributed by atoms with Gasteiger partial charge in [-0.1, -0.05) is 0 Å². The van der Waals surface area contributed by atoms with E-state index < -0.39 is 0 Å². The van der Waals surface area contributed by atoms with Crippen molar-refractivity contribution in [3.05, 3.63) is 48.3 Å². The van der Waals surface area contributed by atoms with Gasteiger partial charge in [0.25, 0.3) is 0 Å². The van der Waals surface area contributed by atoms with Crippen molar-refractivity contribution < 1.29 is 0 Å². The lowest BCUT2D eigenvalue weighted by Crippen LogP contribution is -2.20. The van der Waals surface area contributed by atoms with Crippen LogP contribution in [0.15, 0.2) is 37.1 Å². The fraction of sp³-hybridized carbons (Fsp3) is 0.182. The second-order valence-corrected chi connectivity index (χ2v) is 3.36. The fourth-order valence-corrected chi connectivity index (χ4v) is 1.58. The average molecular weight is 215 g/mol. The Balaban J connectivity index is 2.41. The van der Waals surface area contributed by atoms with Crippen LogP contribution >= 0.6 is 0 Å². The smallest absolute Gasteiger partial charge is 0.0802 e. The summed E-state index contributed by atoms with van der Waals surface area (Å²) in [4.78, 5) is 12.4. The number of nitrogens with one attached hydrogen (secondary N) is 1. The summed E-state index contributed by atoms with van der Waals surface area (Å²) < 4.78 is 0. The van der Waals surface area contributed by atoms with Crippen LogP contribution in [0.1, 0.15) is 17.3 Å². The quantitative estimate of drug-likeness (QED) is 0.790. The lowest BCUT2D eigenvalue weighted by atomic mass is 10.0.